The second-order valence-electron chi connectivity index (χ2n) is 7.73. The minimum Gasteiger partial charge on any atom is -0.497 e. The number of benzene rings is 3. The monoisotopic (exact) mass is 519 g/mol. The molecule has 0 spiro atoms. The third-order valence-corrected chi connectivity index (χ3v) is 7.12. The van der Waals surface area contributed by atoms with Crippen LogP contribution < -0.4 is 20.1 Å². The van der Waals surface area contributed by atoms with Gasteiger partial charge in [-0.05, 0) is 73.7 Å². The molecule has 0 aliphatic carbocycles. The number of rotatable bonds is 9. The number of thiazole rings is 1. The van der Waals surface area contributed by atoms with Crippen LogP contribution in [0.3, 0.4) is 0 Å². The van der Waals surface area contributed by atoms with Gasteiger partial charge >= 0.3 is 0 Å². The molecule has 3 aromatic carbocycles. The molecule has 7 nitrogen and oxygen atoms in total. The molecule has 0 radical (unpaired) electrons. The second kappa shape index (κ2) is 11.7. The molecule has 4 rings (SSSR count). The third kappa shape index (κ3) is 6.44. The molecule has 1 atom stereocenters. The van der Waals surface area contributed by atoms with Gasteiger partial charge in [0.1, 0.15) is 11.5 Å². The van der Waals surface area contributed by atoms with Gasteiger partial charge in [-0.15, -0.1) is 23.1 Å². The number of hydrogen-bond acceptors (Lipinski definition) is 7. The Hall–Kier alpha value is -3.82. The summed E-state index contributed by atoms with van der Waals surface area (Å²) in [7, 11) is 3.19. The Balaban J connectivity index is 1.31. The fourth-order valence-corrected chi connectivity index (χ4v) is 4.86. The SMILES string of the molecule is COc1ccc(-c2csc(NC(=O)C(C)Sc3ccc(NC(=O)c4cccc(OC)c4)cc3)n2)cc1. The van der Waals surface area contributed by atoms with Gasteiger partial charge in [-0.3, -0.25) is 9.59 Å². The molecule has 0 saturated heterocycles. The largest absolute Gasteiger partial charge is 0.497 e. The van der Waals surface area contributed by atoms with Gasteiger partial charge in [0.15, 0.2) is 5.13 Å². The summed E-state index contributed by atoms with van der Waals surface area (Å²) in [6, 6.07) is 22.0. The van der Waals surface area contributed by atoms with Crippen molar-refractivity contribution in [3.63, 3.8) is 0 Å². The number of thioether (sulfide) groups is 1. The highest BCUT2D eigenvalue weighted by Crippen LogP contribution is 2.29. The van der Waals surface area contributed by atoms with E-state index >= 15 is 0 Å². The van der Waals surface area contributed by atoms with E-state index in [-0.39, 0.29) is 17.1 Å². The van der Waals surface area contributed by atoms with Crippen LogP contribution in [-0.4, -0.2) is 36.3 Å². The molecule has 1 heterocycles. The van der Waals surface area contributed by atoms with Crippen molar-refractivity contribution in [3.8, 4) is 22.8 Å². The molecule has 2 N–H and O–H groups in total. The molecule has 0 bridgehead atoms. The van der Waals surface area contributed by atoms with Crippen molar-refractivity contribution in [2.24, 2.45) is 0 Å². The van der Waals surface area contributed by atoms with Crippen molar-refractivity contribution in [2.75, 3.05) is 24.9 Å². The van der Waals surface area contributed by atoms with Gasteiger partial charge in [-0.1, -0.05) is 6.07 Å². The Kier molecular flexibility index (Phi) is 8.24. The number of anilines is 2. The van der Waals surface area contributed by atoms with Crippen LogP contribution in [0.15, 0.2) is 83.1 Å². The second-order valence-corrected chi connectivity index (χ2v) is 10.00. The zero-order valence-electron chi connectivity index (χ0n) is 20.0. The predicted octanol–water partition coefficient (Wildman–Crippen LogP) is 6.20. The topological polar surface area (TPSA) is 89.6 Å². The lowest BCUT2D eigenvalue weighted by atomic mass is 10.2. The van der Waals surface area contributed by atoms with E-state index in [1.165, 1.54) is 23.1 Å². The van der Waals surface area contributed by atoms with Crippen molar-refractivity contribution in [2.45, 2.75) is 17.1 Å². The number of carbonyl (C=O) groups excluding carboxylic acids is 2. The molecular formula is C27H25N3O4S2. The molecular weight excluding hydrogens is 494 g/mol. The van der Waals surface area contributed by atoms with Crippen LogP contribution in [-0.2, 0) is 4.79 Å². The first-order valence-electron chi connectivity index (χ1n) is 11.1. The molecule has 36 heavy (non-hydrogen) atoms. The Labute approximate surface area is 217 Å². The van der Waals surface area contributed by atoms with Gasteiger partial charge in [0.25, 0.3) is 5.91 Å². The van der Waals surface area contributed by atoms with E-state index in [2.05, 4.69) is 15.6 Å². The summed E-state index contributed by atoms with van der Waals surface area (Å²) < 4.78 is 10.4. The van der Waals surface area contributed by atoms with Gasteiger partial charge in [0.2, 0.25) is 5.91 Å². The molecule has 1 aromatic heterocycles. The zero-order chi connectivity index (χ0) is 25.5. The van der Waals surface area contributed by atoms with E-state index in [0.29, 0.717) is 22.1 Å². The van der Waals surface area contributed by atoms with Gasteiger partial charge in [-0.25, -0.2) is 4.98 Å². The molecule has 0 fully saturated rings. The number of carbonyl (C=O) groups is 2. The smallest absolute Gasteiger partial charge is 0.255 e. The van der Waals surface area contributed by atoms with E-state index in [9.17, 15) is 9.59 Å². The summed E-state index contributed by atoms with van der Waals surface area (Å²) in [5.41, 5.74) is 2.92. The van der Waals surface area contributed by atoms with Crippen molar-refractivity contribution in [1.29, 1.82) is 0 Å². The molecule has 1 unspecified atom stereocenters. The van der Waals surface area contributed by atoms with Crippen molar-refractivity contribution in [1.82, 2.24) is 4.98 Å². The number of nitrogens with zero attached hydrogens (tertiary/aromatic N) is 1. The van der Waals surface area contributed by atoms with Gasteiger partial charge in [0.05, 0.1) is 25.2 Å². The molecule has 2 amide bonds. The van der Waals surface area contributed by atoms with Crippen LogP contribution in [0, 0.1) is 0 Å². The van der Waals surface area contributed by atoms with E-state index in [1.54, 1.807) is 38.5 Å². The first-order valence-corrected chi connectivity index (χ1v) is 12.8. The van der Waals surface area contributed by atoms with Crippen LogP contribution >= 0.6 is 23.1 Å². The van der Waals surface area contributed by atoms with Crippen molar-refractivity contribution >= 4 is 45.7 Å². The number of nitrogens with one attached hydrogen (secondary N) is 2. The molecule has 0 saturated carbocycles. The third-order valence-electron chi connectivity index (χ3n) is 5.25. The highest BCUT2D eigenvalue weighted by molar-refractivity contribution is 8.00. The number of amides is 2. The maximum absolute atomic E-state index is 12.7. The first-order chi connectivity index (χ1) is 17.4. The lowest BCUT2D eigenvalue weighted by Gasteiger charge is -2.11. The summed E-state index contributed by atoms with van der Waals surface area (Å²) in [4.78, 5) is 30.7. The van der Waals surface area contributed by atoms with Gasteiger partial charge in [0, 0.05) is 27.1 Å². The molecule has 9 heteroatoms. The van der Waals surface area contributed by atoms with Gasteiger partial charge in [-0.2, -0.15) is 0 Å². The van der Waals surface area contributed by atoms with E-state index in [4.69, 9.17) is 9.47 Å². The fourth-order valence-electron chi connectivity index (χ4n) is 3.27. The van der Waals surface area contributed by atoms with Crippen molar-refractivity contribution in [3.05, 3.63) is 83.7 Å². The minimum absolute atomic E-state index is 0.133. The number of hydrogen-bond donors (Lipinski definition) is 2. The summed E-state index contributed by atoms with van der Waals surface area (Å²) in [5.74, 6) is 1.04. The summed E-state index contributed by atoms with van der Waals surface area (Å²) >= 11 is 2.81. The van der Waals surface area contributed by atoms with Gasteiger partial charge < -0.3 is 20.1 Å². The average Bonchev–Trinajstić information content (AvgIpc) is 3.38. The minimum atomic E-state index is -0.337. The van der Waals surface area contributed by atoms with Crippen LogP contribution in [0.25, 0.3) is 11.3 Å². The zero-order valence-corrected chi connectivity index (χ0v) is 21.6. The normalized spacial score (nSPS) is 11.4. The maximum Gasteiger partial charge on any atom is 0.255 e. The van der Waals surface area contributed by atoms with Crippen LogP contribution in [0.4, 0.5) is 10.8 Å². The molecule has 4 aromatic rings. The maximum atomic E-state index is 12.7. The number of aromatic nitrogens is 1. The highest BCUT2D eigenvalue weighted by Gasteiger charge is 2.17. The van der Waals surface area contributed by atoms with Crippen LogP contribution in [0.2, 0.25) is 0 Å². The Morgan fingerprint density at radius 2 is 1.64 bits per heavy atom. The van der Waals surface area contributed by atoms with E-state index in [0.717, 1.165) is 21.9 Å². The average molecular weight is 520 g/mol. The number of ether oxygens (including phenoxy) is 2. The van der Waals surface area contributed by atoms with Crippen LogP contribution in [0.1, 0.15) is 17.3 Å². The molecule has 184 valence electrons. The Morgan fingerprint density at radius 3 is 2.33 bits per heavy atom. The van der Waals surface area contributed by atoms with Crippen LogP contribution in [0.5, 0.6) is 11.5 Å². The fraction of sp³-hybridized carbons (Fsp3) is 0.148. The van der Waals surface area contributed by atoms with E-state index in [1.807, 2.05) is 60.8 Å². The van der Waals surface area contributed by atoms with E-state index < -0.39 is 0 Å². The lowest BCUT2D eigenvalue weighted by molar-refractivity contribution is -0.115. The predicted molar refractivity (Wildman–Crippen MR) is 145 cm³/mol. The summed E-state index contributed by atoms with van der Waals surface area (Å²) in [6.45, 7) is 1.84. The summed E-state index contributed by atoms with van der Waals surface area (Å²) in [6.07, 6.45) is 0. The number of methoxy groups -OCH3 is 2. The first kappa shape index (κ1) is 25.3. The Morgan fingerprint density at radius 1 is 0.917 bits per heavy atom. The standard InChI is InChI=1S/C27H25N3O4S2/c1-17(25(31)30-27-29-24(16-35-27)18-7-11-21(33-2)12-8-18)36-23-13-9-20(10-14-23)28-26(32)19-5-4-6-22(15-19)34-3/h4-17H,1-3H3,(H,28,32)(H,29,30,31). The Bertz CT molecular complexity index is 1340. The quantitative estimate of drug-likeness (QED) is 0.256. The van der Waals surface area contributed by atoms with Crippen molar-refractivity contribution < 1.29 is 19.1 Å². The summed E-state index contributed by atoms with van der Waals surface area (Å²) in [5, 5.41) is 7.89. The lowest BCUT2D eigenvalue weighted by Crippen LogP contribution is -2.22. The molecule has 0 aliphatic rings. The molecule has 0 aliphatic heterocycles. The highest BCUT2D eigenvalue weighted by atomic mass is 32.2.